The van der Waals surface area contributed by atoms with Crippen molar-refractivity contribution in [2.24, 2.45) is 0 Å². The maximum absolute atomic E-state index is 11.7. The molecular formula is C14H23N3O2. The molecule has 0 fully saturated rings. The predicted molar refractivity (Wildman–Crippen MR) is 76.4 cm³/mol. The Hall–Kier alpha value is -1.62. The van der Waals surface area contributed by atoms with Crippen LogP contribution in [0.1, 0.15) is 34.1 Å². The molecule has 0 saturated heterocycles. The number of aromatic nitrogens is 1. The van der Waals surface area contributed by atoms with Gasteiger partial charge in [0, 0.05) is 24.6 Å². The van der Waals surface area contributed by atoms with Crippen LogP contribution in [0, 0.1) is 0 Å². The van der Waals surface area contributed by atoms with Crippen LogP contribution in [-0.4, -0.2) is 29.6 Å². The maximum atomic E-state index is 11.7. The van der Waals surface area contributed by atoms with E-state index in [1.165, 1.54) is 0 Å². The molecule has 1 aromatic heterocycles. The van der Waals surface area contributed by atoms with E-state index in [9.17, 15) is 4.79 Å². The van der Waals surface area contributed by atoms with Crippen molar-refractivity contribution in [1.82, 2.24) is 10.3 Å². The summed E-state index contributed by atoms with van der Waals surface area (Å²) in [5.41, 5.74) is 0.713. The van der Waals surface area contributed by atoms with Crippen molar-refractivity contribution in [3.63, 3.8) is 0 Å². The fourth-order valence-electron chi connectivity index (χ4n) is 1.46. The molecule has 0 aliphatic rings. The molecule has 0 spiro atoms. The summed E-state index contributed by atoms with van der Waals surface area (Å²) in [4.78, 5) is 15.8. The third kappa shape index (κ3) is 6.76. The second-order valence-corrected chi connectivity index (χ2v) is 5.29. The van der Waals surface area contributed by atoms with Gasteiger partial charge in [-0.1, -0.05) is 0 Å². The quantitative estimate of drug-likeness (QED) is 0.827. The van der Waals surface area contributed by atoms with Crippen LogP contribution in [0.2, 0.25) is 0 Å². The molecule has 0 aromatic carbocycles. The molecule has 1 rings (SSSR count). The minimum atomic E-state index is -0.0253. The Kier molecular flexibility index (Phi) is 5.76. The highest BCUT2D eigenvalue weighted by molar-refractivity contribution is 5.90. The van der Waals surface area contributed by atoms with Crippen molar-refractivity contribution in [3.05, 3.63) is 18.3 Å². The monoisotopic (exact) mass is 265 g/mol. The molecule has 19 heavy (non-hydrogen) atoms. The first-order chi connectivity index (χ1) is 8.90. The lowest BCUT2D eigenvalue weighted by Crippen LogP contribution is -2.37. The summed E-state index contributed by atoms with van der Waals surface area (Å²) >= 11 is 0. The molecule has 1 aromatic rings. The molecule has 5 heteroatoms. The average Bonchev–Trinajstić information content (AvgIpc) is 2.30. The number of ether oxygens (including phenoxy) is 1. The smallest absolute Gasteiger partial charge is 0.225 e. The van der Waals surface area contributed by atoms with Gasteiger partial charge in [-0.25, -0.2) is 4.98 Å². The van der Waals surface area contributed by atoms with E-state index >= 15 is 0 Å². The van der Waals surface area contributed by atoms with Crippen LogP contribution in [0.4, 0.5) is 5.69 Å². The van der Waals surface area contributed by atoms with Crippen molar-refractivity contribution in [2.45, 2.75) is 39.7 Å². The van der Waals surface area contributed by atoms with Gasteiger partial charge in [-0.2, -0.15) is 0 Å². The topological polar surface area (TPSA) is 63.2 Å². The molecule has 0 aliphatic carbocycles. The summed E-state index contributed by atoms with van der Waals surface area (Å²) < 4.78 is 5.23. The average molecular weight is 265 g/mol. The number of amides is 1. The first kappa shape index (κ1) is 15.4. The van der Waals surface area contributed by atoms with Crippen molar-refractivity contribution in [1.29, 1.82) is 0 Å². The van der Waals surface area contributed by atoms with Crippen LogP contribution in [0.25, 0.3) is 0 Å². The van der Waals surface area contributed by atoms with E-state index in [-0.39, 0.29) is 11.4 Å². The van der Waals surface area contributed by atoms with Crippen LogP contribution in [0.3, 0.4) is 0 Å². The second kappa shape index (κ2) is 7.09. The summed E-state index contributed by atoms with van der Waals surface area (Å²) in [6.45, 7) is 9.35. The Labute approximate surface area is 114 Å². The Bertz CT molecular complexity index is 396. The van der Waals surface area contributed by atoms with Crippen LogP contribution in [-0.2, 0) is 4.79 Å². The number of carbonyl (C=O) groups excluding carboxylic acids is 1. The second-order valence-electron chi connectivity index (χ2n) is 5.29. The number of pyridine rings is 1. The van der Waals surface area contributed by atoms with Crippen molar-refractivity contribution >= 4 is 11.6 Å². The third-order valence-corrected chi connectivity index (χ3v) is 2.32. The number of anilines is 1. The highest BCUT2D eigenvalue weighted by Gasteiger charge is 2.09. The van der Waals surface area contributed by atoms with E-state index in [0.29, 0.717) is 31.1 Å². The molecule has 5 nitrogen and oxygen atoms in total. The van der Waals surface area contributed by atoms with Gasteiger partial charge in [-0.15, -0.1) is 0 Å². The first-order valence-electron chi connectivity index (χ1n) is 6.54. The lowest BCUT2D eigenvalue weighted by molar-refractivity contribution is -0.116. The van der Waals surface area contributed by atoms with Gasteiger partial charge in [0.15, 0.2) is 0 Å². The summed E-state index contributed by atoms with van der Waals surface area (Å²) in [6, 6.07) is 3.53. The molecular weight excluding hydrogens is 242 g/mol. The predicted octanol–water partition coefficient (Wildman–Crippen LogP) is 2.20. The Morgan fingerprint density at radius 2 is 2.11 bits per heavy atom. The lowest BCUT2D eigenvalue weighted by Gasteiger charge is -2.20. The summed E-state index contributed by atoms with van der Waals surface area (Å²) in [6.07, 6.45) is 2.03. The Morgan fingerprint density at radius 3 is 2.63 bits per heavy atom. The van der Waals surface area contributed by atoms with Gasteiger partial charge in [0.1, 0.15) is 0 Å². The number of rotatable bonds is 6. The highest BCUT2D eigenvalue weighted by Crippen LogP contribution is 2.11. The van der Waals surface area contributed by atoms with E-state index in [1.54, 1.807) is 18.3 Å². The maximum Gasteiger partial charge on any atom is 0.225 e. The van der Waals surface area contributed by atoms with E-state index in [1.807, 2.05) is 6.92 Å². The van der Waals surface area contributed by atoms with Gasteiger partial charge in [0.2, 0.25) is 11.8 Å². The van der Waals surface area contributed by atoms with Crippen LogP contribution >= 0.6 is 0 Å². The molecule has 2 N–H and O–H groups in total. The van der Waals surface area contributed by atoms with Gasteiger partial charge in [0.25, 0.3) is 0 Å². The standard InChI is InChI=1S/C14H23N3O2/c1-5-19-13-7-6-11(10-15-13)17-12(18)8-9-16-14(2,3)4/h6-7,10,16H,5,8-9H2,1-4H3,(H,17,18). The van der Waals surface area contributed by atoms with E-state index in [2.05, 4.69) is 36.4 Å². The number of nitrogens with zero attached hydrogens (tertiary/aromatic N) is 1. The van der Waals surface area contributed by atoms with Gasteiger partial charge in [-0.05, 0) is 33.8 Å². The van der Waals surface area contributed by atoms with E-state index in [0.717, 1.165) is 0 Å². The molecule has 1 heterocycles. The molecule has 0 unspecified atom stereocenters. The minimum Gasteiger partial charge on any atom is -0.478 e. The molecule has 0 atom stereocenters. The van der Waals surface area contributed by atoms with Crippen LogP contribution < -0.4 is 15.4 Å². The van der Waals surface area contributed by atoms with Gasteiger partial charge < -0.3 is 15.4 Å². The van der Waals surface area contributed by atoms with Crippen molar-refractivity contribution < 1.29 is 9.53 Å². The fraction of sp³-hybridized carbons (Fsp3) is 0.571. The zero-order valence-corrected chi connectivity index (χ0v) is 12.1. The van der Waals surface area contributed by atoms with Gasteiger partial charge in [-0.3, -0.25) is 4.79 Å². The number of nitrogens with one attached hydrogen (secondary N) is 2. The molecule has 0 bridgehead atoms. The van der Waals surface area contributed by atoms with Crippen molar-refractivity contribution in [2.75, 3.05) is 18.5 Å². The van der Waals surface area contributed by atoms with E-state index < -0.39 is 0 Å². The number of carbonyl (C=O) groups is 1. The van der Waals surface area contributed by atoms with Crippen molar-refractivity contribution in [3.8, 4) is 5.88 Å². The SMILES string of the molecule is CCOc1ccc(NC(=O)CCNC(C)(C)C)cn1. The first-order valence-corrected chi connectivity index (χ1v) is 6.54. The summed E-state index contributed by atoms with van der Waals surface area (Å²) in [5.74, 6) is 0.539. The molecule has 1 amide bonds. The molecule has 0 saturated carbocycles. The normalized spacial score (nSPS) is 11.2. The zero-order valence-electron chi connectivity index (χ0n) is 12.1. The molecule has 0 radical (unpaired) electrons. The van der Waals surface area contributed by atoms with E-state index in [4.69, 9.17) is 4.74 Å². The minimum absolute atomic E-state index is 0.0253. The summed E-state index contributed by atoms with van der Waals surface area (Å²) in [7, 11) is 0. The molecule has 106 valence electrons. The Balaban J connectivity index is 2.35. The van der Waals surface area contributed by atoms with Crippen LogP contribution in [0.5, 0.6) is 5.88 Å². The Morgan fingerprint density at radius 1 is 1.37 bits per heavy atom. The largest absolute Gasteiger partial charge is 0.478 e. The summed E-state index contributed by atoms with van der Waals surface area (Å²) in [5, 5.41) is 6.07. The van der Waals surface area contributed by atoms with Crippen LogP contribution in [0.15, 0.2) is 18.3 Å². The molecule has 0 aliphatic heterocycles. The zero-order chi connectivity index (χ0) is 14.3. The fourth-order valence-corrected chi connectivity index (χ4v) is 1.46. The van der Waals surface area contributed by atoms with Gasteiger partial charge >= 0.3 is 0 Å². The number of hydrogen-bond donors (Lipinski definition) is 2. The number of hydrogen-bond acceptors (Lipinski definition) is 4. The highest BCUT2D eigenvalue weighted by atomic mass is 16.5. The lowest BCUT2D eigenvalue weighted by atomic mass is 10.1. The van der Waals surface area contributed by atoms with Gasteiger partial charge in [0.05, 0.1) is 18.5 Å². The third-order valence-electron chi connectivity index (χ3n) is 2.32.